The van der Waals surface area contributed by atoms with Crippen LogP contribution in [0.2, 0.25) is 10.0 Å². The van der Waals surface area contributed by atoms with Crippen molar-refractivity contribution < 1.29 is 14.6 Å². The minimum Gasteiger partial charge on any atom is -0.487 e. The maximum atomic E-state index is 10.6. The summed E-state index contributed by atoms with van der Waals surface area (Å²) >= 11 is 12.0. The van der Waals surface area contributed by atoms with Crippen LogP contribution >= 0.6 is 23.2 Å². The first-order chi connectivity index (χ1) is 10.1. The first-order valence-electron chi connectivity index (χ1n) is 5.98. The lowest BCUT2D eigenvalue weighted by molar-refractivity contribution is -0.131. The number of hydrogen-bond donors (Lipinski definition) is 1. The smallest absolute Gasteiger partial charge is 0.328 e. The first-order valence-corrected chi connectivity index (χ1v) is 6.73. The largest absolute Gasteiger partial charge is 0.487 e. The molecule has 1 aromatic heterocycles. The van der Waals surface area contributed by atoms with Gasteiger partial charge in [-0.1, -0.05) is 23.2 Å². The van der Waals surface area contributed by atoms with Crippen molar-refractivity contribution in [2.45, 2.75) is 6.61 Å². The standard InChI is InChI=1S/C15H11Cl2NO3/c16-12-7-11(1-2-14(19)20)15(13(17)8-12)21-9-10-3-5-18-6-4-10/h1-8H,9H2,(H,19,20)/b2-1+. The average molecular weight is 324 g/mol. The summed E-state index contributed by atoms with van der Waals surface area (Å²) in [7, 11) is 0. The molecule has 6 heteroatoms. The molecule has 0 bridgehead atoms. The van der Waals surface area contributed by atoms with Crippen molar-refractivity contribution in [3.8, 4) is 5.75 Å². The highest BCUT2D eigenvalue weighted by Gasteiger charge is 2.09. The molecule has 1 N–H and O–H groups in total. The average Bonchev–Trinajstić information content (AvgIpc) is 2.45. The zero-order valence-electron chi connectivity index (χ0n) is 10.8. The molecular formula is C15H11Cl2NO3. The Hall–Kier alpha value is -2.04. The Morgan fingerprint density at radius 2 is 2.00 bits per heavy atom. The van der Waals surface area contributed by atoms with Gasteiger partial charge >= 0.3 is 5.97 Å². The van der Waals surface area contributed by atoms with E-state index in [1.54, 1.807) is 24.5 Å². The molecular weight excluding hydrogens is 313 g/mol. The Morgan fingerprint density at radius 3 is 2.67 bits per heavy atom. The van der Waals surface area contributed by atoms with Gasteiger partial charge in [0.1, 0.15) is 12.4 Å². The number of benzene rings is 1. The Kier molecular flexibility index (Phi) is 5.20. The van der Waals surface area contributed by atoms with E-state index in [0.717, 1.165) is 11.6 Å². The summed E-state index contributed by atoms with van der Waals surface area (Å²) in [6.45, 7) is 0.289. The molecule has 2 rings (SSSR count). The molecule has 0 aliphatic rings. The van der Waals surface area contributed by atoms with Gasteiger partial charge in [-0.15, -0.1) is 0 Å². The molecule has 0 spiro atoms. The van der Waals surface area contributed by atoms with E-state index in [-0.39, 0.29) is 6.61 Å². The van der Waals surface area contributed by atoms with Gasteiger partial charge in [0.2, 0.25) is 0 Å². The third kappa shape index (κ3) is 4.48. The third-order valence-corrected chi connectivity index (χ3v) is 3.07. The van der Waals surface area contributed by atoms with Crippen LogP contribution in [0.15, 0.2) is 42.7 Å². The van der Waals surface area contributed by atoms with Crippen LogP contribution in [0.4, 0.5) is 0 Å². The van der Waals surface area contributed by atoms with E-state index in [1.807, 2.05) is 12.1 Å². The molecule has 0 saturated carbocycles. The molecule has 0 aliphatic heterocycles. The van der Waals surface area contributed by atoms with Crippen LogP contribution in [0, 0.1) is 0 Å². The topological polar surface area (TPSA) is 59.4 Å². The first kappa shape index (κ1) is 15.4. The Labute approximate surface area is 131 Å². The second-order valence-electron chi connectivity index (χ2n) is 4.12. The SMILES string of the molecule is O=C(O)/C=C/c1cc(Cl)cc(Cl)c1OCc1ccncc1. The Morgan fingerprint density at radius 1 is 1.29 bits per heavy atom. The van der Waals surface area contributed by atoms with E-state index in [1.165, 1.54) is 6.08 Å². The molecule has 1 aromatic carbocycles. The second kappa shape index (κ2) is 7.11. The summed E-state index contributed by atoms with van der Waals surface area (Å²) in [6.07, 6.45) is 5.71. The third-order valence-electron chi connectivity index (χ3n) is 2.58. The number of carboxylic acids is 1. The van der Waals surface area contributed by atoms with Crippen molar-refractivity contribution in [2.75, 3.05) is 0 Å². The molecule has 4 nitrogen and oxygen atoms in total. The number of ether oxygens (including phenoxy) is 1. The van der Waals surface area contributed by atoms with E-state index in [2.05, 4.69) is 4.98 Å². The van der Waals surface area contributed by atoms with Crippen LogP contribution in [-0.2, 0) is 11.4 Å². The minimum absolute atomic E-state index is 0.289. The number of pyridine rings is 1. The maximum absolute atomic E-state index is 10.6. The summed E-state index contributed by atoms with van der Waals surface area (Å²) in [5, 5.41) is 9.44. The lowest BCUT2D eigenvalue weighted by atomic mass is 10.2. The number of rotatable bonds is 5. The van der Waals surface area contributed by atoms with Gasteiger partial charge in [-0.3, -0.25) is 4.98 Å². The summed E-state index contributed by atoms with van der Waals surface area (Å²) in [6, 6.07) is 6.77. The number of aromatic nitrogens is 1. The van der Waals surface area contributed by atoms with Crippen LogP contribution in [0.3, 0.4) is 0 Å². The second-order valence-corrected chi connectivity index (χ2v) is 4.97. The number of hydrogen-bond acceptors (Lipinski definition) is 3. The highest BCUT2D eigenvalue weighted by Crippen LogP contribution is 2.33. The van der Waals surface area contributed by atoms with Gasteiger partial charge < -0.3 is 9.84 Å². The zero-order valence-corrected chi connectivity index (χ0v) is 12.3. The van der Waals surface area contributed by atoms with Crippen molar-refractivity contribution in [2.24, 2.45) is 0 Å². The number of nitrogens with zero attached hydrogens (tertiary/aromatic N) is 1. The number of carboxylic acid groups (broad SMARTS) is 1. The summed E-state index contributed by atoms with van der Waals surface area (Å²) in [5.74, 6) is -0.679. The van der Waals surface area contributed by atoms with Crippen molar-refractivity contribution in [3.63, 3.8) is 0 Å². The predicted octanol–water partition coefficient (Wildman–Crippen LogP) is 4.07. The Balaban J connectivity index is 2.26. The van der Waals surface area contributed by atoms with E-state index in [9.17, 15) is 4.79 Å². The maximum Gasteiger partial charge on any atom is 0.328 e. The lowest BCUT2D eigenvalue weighted by Crippen LogP contribution is -1.98. The van der Waals surface area contributed by atoms with Gasteiger partial charge in [-0.05, 0) is 35.9 Å². The van der Waals surface area contributed by atoms with Crippen LogP contribution in [0.1, 0.15) is 11.1 Å². The number of halogens is 2. The molecule has 0 amide bonds. The van der Waals surface area contributed by atoms with E-state index < -0.39 is 5.97 Å². The van der Waals surface area contributed by atoms with Gasteiger partial charge in [-0.2, -0.15) is 0 Å². The van der Waals surface area contributed by atoms with E-state index in [0.29, 0.717) is 21.4 Å². The van der Waals surface area contributed by atoms with E-state index >= 15 is 0 Å². The van der Waals surface area contributed by atoms with Gasteiger partial charge in [0, 0.05) is 29.1 Å². The highest BCUT2D eigenvalue weighted by molar-refractivity contribution is 6.35. The number of carbonyl (C=O) groups is 1. The molecule has 0 aliphatic carbocycles. The highest BCUT2D eigenvalue weighted by atomic mass is 35.5. The fraction of sp³-hybridized carbons (Fsp3) is 0.0667. The molecule has 2 aromatic rings. The van der Waals surface area contributed by atoms with Crippen LogP contribution in [0.5, 0.6) is 5.75 Å². The Bertz CT molecular complexity index is 672. The molecule has 0 saturated heterocycles. The number of aliphatic carboxylic acids is 1. The van der Waals surface area contributed by atoms with Crippen molar-refractivity contribution in [1.29, 1.82) is 0 Å². The lowest BCUT2D eigenvalue weighted by Gasteiger charge is -2.11. The predicted molar refractivity (Wildman–Crippen MR) is 81.7 cm³/mol. The summed E-state index contributed by atoms with van der Waals surface area (Å²) < 4.78 is 5.68. The van der Waals surface area contributed by atoms with Crippen molar-refractivity contribution in [1.82, 2.24) is 4.98 Å². The monoisotopic (exact) mass is 323 g/mol. The molecule has 0 fully saturated rings. The van der Waals surface area contributed by atoms with Gasteiger partial charge in [0.05, 0.1) is 5.02 Å². The van der Waals surface area contributed by atoms with Gasteiger partial charge in [-0.25, -0.2) is 4.79 Å². The molecule has 0 radical (unpaired) electrons. The van der Waals surface area contributed by atoms with E-state index in [4.69, 9.17) is 33.0 Å². The quantitative estimate of drug-likeness (QED) is 0.843. The van der Waals surface area contributed by atoms with Crippen molar-refractivity contribution in [3.05, 3.63) is 63.9 Å². The molecule has 21 heavy (non-hydrogen) atoms. The van der Waals surface area contributed by atoms with Gasteiger partial charge in [0.15, 0.2) is 0 Å². The summed E-state index contributed by atoms with van der Waals surface area (Å²) in [5.41, 5.74) is 1.42. The molecule has 108 valence electrons. The van der Waals surface area contributed by atoms with Gasteiger partial charge in [0.25, 0.3) is 0 Å². The zero-order chi connectivity index (χ0) is 15.2. The molecule has 0 unspecified atom stereocenters. The fourth-order valence-corrected chi connectivity index (χ4v) is 2.22. The summed E-state index contributed by atoms with van der Waals surface area (Å²) in [4.78, 5) is 14.6. The van der Waals surface area contributed by atoms with Crippen LogP contribution in [-0.4, -0.2) is 16.1 Å². The van der Waals surface area contributed by atoms with Crippen molar-refractivity contribution >= 4 is 35.2 Å². The fourth-order valence-electron chi connectivity index (χ4n) is 1.65. The molecule has 1 heterocycles. The minimum atomic E-state index is -1.06. The normalized spacial score (nSPS) is 10.8. The van der Waals surface area contributed by atoms with Crippen LogP contribution < -0.4 is 4.74 Å². The molecule has 0 atom stereocenters. The van der Waals surface area contributed by atoms with Crippen LogP contribution in [0.25, 0.3) is 6.08 Å².